The first kappa shape index (κ1) is 14.2. The van der Waals surface area contributed by atoms with Crippen LogP contribution < -0.4 is 0 Å². The second-order valence-corrected chi connectivity index (χ2v) is 6.93. The molecular weight excluding hydrogens is 262 g/mol. The third kappa shape index (κ3) is 2.87. The van der Waals surface area contributed by atoms with E-state index in [2.05, 4.69) is 0 Å². The van der Waals surface area contributed by atoms with Crippen molar-refractivity contribution in [2.45, 2.75) is 44.0 Å². The molecule has 0 bridgehead atoms. The molecule has 1 atom stereocenters. The summed E-state index contributed by atoms with van der Waals surface area (Å²) in [5.74, 6) is -0.0599. The molecule has 4 nitrogen and oxygen atoms in total. The molecule has 5 heteroatoms. The summed E-state index contributed by atoms with van der Waals surface area (Å²) in [5, 5.41) is 0. The molecule has 2 rings (SSSR count). The maximum Gasteiger partial charge on any atom is 0.243 e. The second-order valence-electron chi connectivity index (χ2n) is 5.04. The van der Waals surface area contributed by atoms with Gasteiger partial charge in [0, 0.05) is 18.2 Å². The summed E-state index contributed by atoms with van der Waals surface area (Å²) < 4.78 is 26.6. The maximum atomic E-state index is 12.5. The Morgan fingerprint density at radius 2 is 1.84 bits per heavy atom. The summed E-state index contributed by atoms with van der Waals surface area (Å²) >= 11 is 0. The Morgan fingerprint density at radius 1 is 1.21 bits per heavy atom. The van der Waals surface area contributed by atoms with Gasteiger partial charge in [0.1, 0.15) is 0 Å². The second kappa shape index (κ2) is 5.43. The molecule has 0 radical (unpaired) electrons. The lowest BCUT2D eigenvalue weighted by Crippen LogP contribution is -2.41. The third-order valence-electron chi connectivity index (χ3n) is 3.61. The number of Topliss-reactive ketones (excluding diaryl/α,β-unsaturated/α-hetero) is 1. The van der Waals surface area contributed by atoms with Crippen LogP contribution in [0.3, 0.4) is 0 Å². The predicted molar refractivity (Wildman–Crippen MR) is 73.7 cm³/mol. The van der Waals surface area contributed by atoms with Crippen LogP contribution in [0.5, 0.6) is 0 Å². The quantitative estimate of drug-likeness (QED) is 0.800. The smallest absolute Gasteiger partial charge is 0.243 e. The van der Waals surface area contributed by atoms with E-state index in [1.165, 1.54) is 19.1 Å². The summed E-state index contributed by atoms with van der Waals surface area (Å²) in [6, 6.07) is 6.24. The number of nitrogens with zero attached hydrogens (tertiary/aromatic N) is 1. The van der Waals surface area contributed by atoms with Crippen molar-refractivity contribution < 1.29 is 13.2 Å². The zero-order valence-corrected chi connectivity index (χ0v) is 12.1. The highest BCUT2D eigenvalue weighted by molar-refractivity contribution is 7.89. The van der Waals surface area contributed by atoms with Gasteiger partial charge in [-0.2, -0.15) is 4.31 Å². The fourth-order valence-corrected chi connectivity index (χ4v) is 4.13. The van der Waals surface area contributed by atoms with Gasteiger partial charge < -0.3 is 0 Å². The highest BCUT2D eigenvalue weighted by Crippen LogP contribution is 2.25. The lowest BCUT2D eigenvalue weighted by Gasteiger charge is -2.32. The number of carbonyl (C=O) groups is 1. The highest BCUT2D eigenvalue weighted by atomic mass is 32.2. The predicted octanol–water partition coefficient (Wildman–Crippen LogP) is 2.45. The van der Waals surface area contributed by atoms with Gasteiger partial charge in [0.15, 0.2) is 5.78 Å². The molecule has 0 spiro atoms. The Balaban J connectivity index is 2.30. The van der Waals surface area contributed by atoms with E-state index in [1.807, 2.05) is 6.92 Å². The van der Waals surface area contributed by atoms with Crippen molar-refractivity contribution in [3.8, 4) is 0 Å². The van der Waals surface area contributed by atoms with Gasteiger partial charge in [-0.1, -0.05) is 18.6 Å². The molecule has 1 aliphatic rings. The molecule has 0 aromatic heterocycles. The van der Waals surface area contributed by atoms with E-state index in [0.29, 0.717) is 12.1 Å². The molecule has 0 N–H and O–H groups in total. The number of hydrogen-bond donors (Lipinski definition) is 0. The molecule has 1 fully saturated rings. The molecule has 0 aliphatic carbocycles. The van der Waals surface area contributed by atoms with E-state index in [-0.39, 0.29) is 16.7 Å². The van der Waals surface area contributed by atoms with Gasteiger partial charge in [0.25, 0.3) is 0 Å². The number of carbonyl (C=O) groups excluding carboxylic acids is 1. The summed E-state index contributed by atoms with van der Waals surface area (Å²) in [7, 11) is -3.43. The minimum absolute atomic E-state index is 0.0474. The molecule has 1 heterocycles. The fourth-order valence-electron chi connectivity index (χ4n) is 2.43. The standard InChI is InChI=1S/C14H19NO3S/c1-11-5-3-4-10-15(11)19(17,18)14-8-6-13(7-9-14)12(2)16/h6-9,11H,3-5,10H2,1-2H3/t11-/m1/s1. The van der Waals surface area contributed by atoms with Crippen LogP contribution in [0.25, 0.3) is 0 Å². The van der Waals surface area contributed by atoms with Crippen LogP contribution in [0, 0.1) is 0 Å². The van der Waals surface area contributed by atoms with Gasteiger partial charge in [-0.25, -0.2) is 8.42 Å². The lowest BCUT2D eigenvalue weighted by molar-refractivity contribution is 0.101. The van der Waals surface area contributed by atoms with Gasteiger partial charge >= 0.3 is 0 Å². The highest BCUT2D eigenvalue weighted by Gasteiger charge is 2.30. The number of hydrogen-bond acceptors (Lipinski definition) is 3. The minimum atomic E-state index is -3.43. The van der Waals surface area contributed by atoms with Crippen molar-refractivity contribution in [3.63, 3.8) is 0 Å². The van der Waals surface area contributed by atoms with E-state index < -0.39 is 10.0 Å². The van der Waals surface area contributed by atoms with Crippen molar-refractivity contribution in [2.75, 3.05) is 6.54 Å². The van der Waals surface area contributed by atoms with Crippen molar-refractivity contribution in [2.24, 2.45) is 0 Å². The molecule has 0 unspecified atom stereocenters. The van der Waals surface area contributed by atoms with Crippen LogP contribution in [0.15, 0.2) is 29.2 Å². The Labute approximate surface area is 114 Å². The van der Waals surface area contributed by atoms with Crippen molar-refractivity contribution in [1.29, 1.82) is 0 Å². The number of ketones is 1. The van der Waals surface area contributed by atoms with Crippen LogP contribution >= 0.6 is 0 Å². The Kier molecular flexibility index (Phi) is 4.06. The number of piperidine rings is 1. The molecule has 1 aliphatic heterocycles. The van der Waals surface area contributed by atoms with Crippen LogP contribution in [-0.2, 0) is 10.0 Å². The zero-order chi connectivity index (χ0) is 14.0. The van der Waals surface area contributed by atoms with Crippen LogP contribution in [-0.4, -0.2) is 31.1 Å². The largest absolute Gasteiger partial charge is 0.295 e. The van der Waals surface area contributed by atoms with Crippen molar-refractivity contribution >= 4 is 15.8 Å². The first-order valence-corrected chi connectivity index (χ1v) is 8.00. The molecular formula is C14H19NO3S. The first-order chi connectivity index (χ1) is 8.93. The van der Waals surface area contributed by atoms with Crippen molar-refractivity contribution in [1.82, 2.24) is 4.31 Å². The average molecular weight is 281 g/mol. The lowest BCUT2D eigenvalue weighted by atomic mass is 10.1. The van der Waals surface area contributed by atoms with Crippen molar-refractivity contribution in [3.05, 3.63) is 29.8 Å². The molecule has 0 amide bonds. The van der Waals surface area contributed by atoms with E-state index in [1.54, 1.807) is 16.4 Å². The van der Waals surface area contributed by atoms with Gasteiger partial charge in [0.05, 0.1) is 4.90 Å². The average Bonchev–Trinajstić information content (AvgIpc) is 2.39. The monoisotopic (exact) mass is 281 g/mol. The molecule has 1 aromatic carbocycles. The van der Waals surface area contributed by atoms with E-state index in [0.717, 1.165) is 19.3 Å². The molecule has 0 saturated carbocycles. The van der Waals surface area contributed by atoms with E-state index >= 15 is 0 Å². The normalized spacial score (nSPS) is 21.3. The first-order valence-electron chi connectivity index (χ1n) is 6.56. The fraction of sp³-hybridized carbons (Fsp3) is 0.500. The maximum absolute atomic E-state index is 12.5. The third-order valence-corrected chi connectivity index (χ3v) is 5.64. The molecule has 1 saturated heterocycles. The summed E-state index contributed by atoms with van der Waals surface area (Å²) in [4.78, 5) is 11.5. The Hall–Kier alpha value is -1.20. The number of sulfonamides is 1. The summed E-state index contributed by atoms with van der Waals surface area (Å²) in [6.45, 7) is 3.99. The van der Waals surface area contributed by atoms with Gasteiger partial charge in [-0.15, -0.1) is 0 Å². The Bertz CT molecular complexity index is 563. The SMILES string of the molecule is CC(=O)c1ccc(S(=O)(=O)N2CCCC[C@H]2C)cc1. The van der Waals surface area contributed by atoms with Crippen LogP contribution in [0.4, 0.5) is 0 Å². The van der Waals surface area contributed by atoms with Crippen LogP contribution in [0.1, 0.15) is 43.5 Å². The Morgan fingerprint density at radius 3 is 2.37 bits per heavy atom. The molecule has 104 valence electrons. The topological polar surface area (TPSA) is 54.5 Å². The number of benzene rings is 1. The zero-order valence-electron chi connectivity index (χ0n) is 11.3. The summed E-state index contributed by atoms with van der Waals surface area (Å²) in [5.41, 5.74) is 0.533. The molecule has 19 heavy (non-hydrogen) atoms. The minimum Gasteiger partial charge on any atom is -0.295 e. The van der Waals surface area contributed by atoms with Gasteiger partial charge in [-0.3, -0.25) is 4.79 Å². The number of rotatable bonds is 3. The summed E-state index contributed by atoms with van der Waals surface area (Å²) in [6.07, 6.45) is 2.90. The van der Waals surface area contributed by atoms with E-state index in [4.69, 9.17) is 0 Å². The van der Waals surface area contributed by atoms with E-state index in [9.17, 15) is 13.2 Å². The van der Waals surface area contributed by atoms with Crippen LogP contribution in [0.2, 0.25) is 0 Å². The molecule has 1 aromatic rings. The van der Waals surface area contributed by atoms with Gasteiger partial charge in [0.2, 0.25) is 10.0 Å². The van der Waals surface area contributed by atoms with Gasteiger partial charge in [-0.05, 0) is 38.8 Å².